The van der Waals surface area contributed by atoms with E-state index in [0.29, 0.717) is 0 Å². The molecule has 0 saturated heterocycles. The highest BCUT2D eigenvalue weighted by atomic mass is 19.1. The zero-order chi connectivity index (χ0) is 6.41. The first kappa shape index (κ1) is 7.21. The van der Waals surface area contributed by atoms with E-state index in [1.54, 1.807) is 19.3 Å². The number of nitrogens with one attached hydrogen (secondary N) is 1. The molecule has 0 unspecified atom stereocenters. The highest BCUT2D eigenvalue weighted by Crippen LogP contribution is 1.90. The number of halogens is 1. The van der Waals surface area contributed by atoms with Crippen molar-refractivity contribution in [3.8, 4) is 0 Å². The average molecular weight is 115 g/mol. The fraction of sp³-hybridized carbons (Fsp3) is 0.333. The lowest BCUT2D eigenvalue weighted by Gasteiger charge is -1.80. The highest BCUT2D eigenvalue weighted by Gasteiger charge is 1.72. The molecule has 0 atom stereocenters. The molecule has 0 aromatic rings. The Hall–Kier alpha value is -0.790. The molecule has 46 valence electrons. The Balaban J connectivity index is 3.42. The molecule has 0 bridgehead atoms. The number of allylic oxidation sites excluding steroid dienone is 3. The number of rotatable bonds is 2. The fourth-order valence-electron chi connectivity index (χ4n) is 0.277. The minimum Gasteiger partial charge on any atom is -0.394 e. The monoisotopic (exact) mass is 115 g/mol. The molecule has 2 heteroatoms. The van der Waals surface area contributed by atoms with Gasteiger partial charge >= 0.3 is 0 Å². The molecule has 0 amide bonds. The third kappa shape index (κ3) is 5.21. The van der Waals surface area contributed by atoms with Gasteiger partial charge in [0.2, 0.25) is 0 Å². The van der Waals surface area contributed by atoms with Gasteiger partial charge < -0.3 is 5.32 Å². The van der Waals surface area contributed by atoms with Crippen molar-refractivity contribution in [2.45, 2.75) is 6.92 Å². The summed E-state index contributed by atoms with van der Waals surface area (Å²) in [6.07, 6.45) is 4.65. The molecule has 0 saturated carbocycles. The lowest BCUT2D eigenvalue weighted by Crippen LogP contribution is -1.89. The first-order valence-electron chi connectivity index (χ1n) is 2.43. The summed E-state index contributed by atoms with van der Waals surface area (Å²) in [5.41, 5.74) is 0. The lowest BCUT2D eigenvalue weighted by atomic mass is 10.5. The molecular weight excluding hydrogens is 105 g/mol. The quantitative estimate of drug-likeness (QED) is 0.539. The molecular formula is C6H10FN. The second-order valence-corrected chi connectivity index (χ2v) is 1.40. The molecule has 0 aliphatic heterocycles. The summed E-state index contributed by atoms with van der Waals surface area (Å²) in [7, 11) is 1.76. The van der Waals surface area contributed by atoms with Crippen molar-refractivity contribution in [1.82, 2.24) is 5.32 Å². The van der Waals surface area contributed by atoms with E-state index in [1.165, 1.54) is 13.0 Å². The summed E-state index contributed by atoms with van der Waals surface area (Å²) in [6.45, 7) is 1.40. The Bertz CT molecular complexity index is 101. The highest BCUT2D eigenvalue weighted by molar-refractivity contribution is 5.03. The Morgan fingerprint density at radius 3 is 2.62 bits per heavy atom. The maximum Gasteiger partial charge on any atom is 0.0969 e. The van der Waals surface area contributed by atoms with E-state index < -0.39 is 0 Å². The van der Waals surface area contributed by atoms with Gasteiger partial charge in [-0.05, 0) is 25.3 Å². The van der Waals surface area contributed by atoms with Crippen molar-refractivity contribution in [1.29, 1.82) is 0 Å². The smallest absolute Gasteiger partial charge is 0.0969 e. The van der Waals surface area contributed by atoms with Gasteiger partial charge in [0, 0.05) is 7.05 Å². The van der Waals surface area contributed by atoms with E-state index >= 15 is 0 Å². The molecule has 1 N–H and O–H groups in total. The zero-order valence-corrected chi connectivity index (χ0v) is 5.11. The van der Waals surface area contributed by atoms with Crippen molar-refractivity contribution in [3.05, 3.63) is 24.2 Å². The van der Waals surface area contributed by atoms with Crippen LogP contribution in [0.2, 0.25) is 0 Å². The maximum atomic E-state index is 11.8. The maximum absolute atomic E-state index is 11.8. The van der Waals surface area contributed by atoms with Gasteiger partial charge in [0.25, 0.3) is 0 Å². The van der Waals surface area contributed by atoms with E-state index in [4.69, 9.17) is 0 Å². The Labute approximate surface area is 48.9 Å². The normalized spacial score (nSPS) is 12.6. The van der Waals surface area contributed by atoms with Crippen molar-refractivity contribution in [2.24, 2.45) is 0 Å². The first-order valence-corrected chi connectivity index (χ1v) is 2.43. The number of hydrogen-bond donors (Lipinski definition) is 1. The summed E-state index contributed by atoms with van der Waals surface area (Å²) in [4.78, 5) is 0. The summed E-state index contributed by atoms with van der Waals surface area (Å²) in [5, 5.41) is 2.73. The fourth-order valence-corrected chi connectivity index (χ4v) is 0.277. The molecule has 0 rings (SSSR count). The Kier molecular flexibility index (Phi) is 3.94. The standard InChI is InChI=1S/C6H10FN/c1-6(7)4-3-5-8-2/h3-5,8H,1-2H3/b5-3-,6-4+. The van der Waals surface area contributed by atoms with Gasteiger partial charge in [0.15, 0.2) is 0 Å². The van der Waals surface area contributed by atoms with Gasteiger partial charge in [-0.1, -0.05) is 0 Å². The van der Waals surface area contributed by atoms with Crippen LogP contribution in [-0.2, 0) is 0 Å². The Morgan fingerprint density at radius 2 is 2.25 bits per heavy atom. The van der Waals surface area contributed by atoms with Gasteiger partial charge in [-0.25, -0.2) is 4.39 Å². The zero-order valence-electron chi connectivity index (χ0n) is 5.11. The minimum atomic E-state index is -0.184. The van der Waals surface area contributed by atoms with Gasteiger partial charge in [0.1, 0.15) is 0 Å². The third-order valence-corrected chi connectivity index (χ3v) is 0.589. The predicted molar refractivity (Wildman–Crippen MR) is 33.1 cm³/mol. The molecule has 0 aromatic carbocycles. The second kappa shape index (κ2) is 4.37. The van der Waals surface area contributed by atoms with E-state index in [9.17, 15) is 4.39 Å². The largest absolute Gasteiger partial charge is 0.394 e. The topological polar surface area (TPSA) is 12.0 Å². The summed E-state index contributed by atoms with van der Waals surface area (Å²) in [5.74, 6) is -0.184. The van der Waals surface area contributed by atoms with Crippen LogP contribution in [0.5, 0.6) is 0 Å². The van der Waals surface area contributed by atoms with Gasteiger partial charge in [-0.2, -0.15) is 0 Å². The SMILES string of the molecule is CN/C=C\C=C(/C)F. The molecule has 0 aliphatic carbocycles. The molecule has 0 fully saturated rings. The van der Waals surface area contributed by atoms with Crippen LogP contribution in [-0.4, -0.2) is 7.05 Å². The molecule has 0 spiro atoms. The van der Waals surface area contributed by atoms with Crippen LogP contribution in [0.15, 0.2) is 24.2 Å². The van der Waals surface area contributed by atoms with Crippen LogP contribution >= 0.6 is 0 Å². The van der Waals surface area contributed by atoms with Crippen molar-refractivity contribution < 1.29 is 4.39 Å². The lowest BCUT2D eigenvalue weighted by molar-refractivity contribution is 0.640. The first-order chi connectivity index (χ1) is 3.77. The van der Waals surface area contributed by atoms with Crippen molar-refractivity contribution in [3.63, 3.8) is 0 Å². The molecule has 0 heterocycles. The minimum absolute atomic E-state index is 0.184. The van der Waals surface area contributed by atoms with Crippen LogP contribution in [0.25, 0.3) is 0 Å². The molecule has 0 aliphatic rings. The van der Waals surface area contributed by atoms with Gasteiger partial charge in [-0.3, -0.25) is 0 Å². The third-order valence-electron chi connectivity index (χ3n) is 0.589. The van der Waals surface area contributed by atoms with Crippen LogP contribution in [0, 0.1) is 0 Å². The van der Waals surface area contributed by atoms with Crippen LogP contribution < -0.4 is 5.32 Å². The van der Waals surface area contributed by atoms with Crippen molar-refractivity contribution >= 4 is 0 Å². The van der Waals surface area contributed by atoms with E-state index in [2.05, 4.69) is 5.32 Å². The van der Waals surface area contributed by atoms with Gasteiger partial charge in [0.05, 0.1) is 5.83 Å². The van der Waals surface area contributed by atoms with Gasteiger partial charge in [-0.15, -0.1) is 0 Å². The van der Waals surface area contributed by atoms with E-state index in [0.717, 1.165) is 0 Å². The van der Waals surface area contributed by atoms with Crippen LogP contribution in [0.4, 0.5) is 4.39 Å². The second-order valence-electron chi connectivity index (χ2n) is 1.40. The summed E-state index contributed by atoms with van der Waals surface area (Å²) >= 11 is 0. The summed E-state index contributed by atoms with van der Waals surface area (Å²) in [6, 6.07) is 0. The molecule has 0 radical (unpaired) electrons. The van der Waals surface area contributed by atoms with Crippen LogP contribution in [0.1, 0.15) is 6.92 Å². The summed E-state index contributed by atoms with van der Waals surface area (Å²) < 4.78 is 11.8. The van der Waals surface area contributed by atoms with E-state index in [-0.39, 0.29) is 5.83 Å². The molecule has 0 aromatic heterocycles. The van der Waals surface area contributed by atoms with Crippen molar-refractivity contribution in [2.75, 3.05) is 7.05 Å². The van der Waals surface area contributed by atoms with E-state index in [1.807, 2.05) is 0 Å². The number of hydrogen-bond acceptors (Lipinski definition) is 1. The van der Waals surface area contributed by atoms with Crippen LogP contribution in [0.3, 0.4) is 0 Å². The Morgan fingerprint density at radius 1 is 1.62 bits per heavy atom. The average Bonchev–Trinajstić information content (AvgIpc) is 1.66. The molecule has 1 nitrogen and oxygen atoms in total. The predicted octanol–water partition coefficient (Wildman–Crippen LogP) is 1.59. The molecule has 8 heavy (non-hydrogen) atoms.